The summed E-state index contributed by atoms with van der Waals surface area (Å²) < 4.78 is 5.46. The summed E-state index contributed by atoms with van der Waals surface area (Å²) in [6.45, 7) is 3.87. The zero-order valence-electron chi connectivity index (χ0n) is 15.5. The molecule has 25 heavy (non-hydrogen) atoms. The molecule has 5 heteroatoms. The molecule has 2 aliphatic rings. The second kappa shape index (κ2) is 8.56. The normalized spacial score (nSPS) is 20.5. The number of carbonyl (C=O) groups is 1. The second-order valence-electron chi connectivity index (χ2n) is 7.47. The number of hydrogen-bond acceptors (Lipinski definition) is 3. The Morgan fingerprint density at radius 2 is 1.80 bits per heavy atom. The SMILES string of the molecule is COc1ccccc1CC1CCN(C(=O)NC2CCN(C)CC2)CC1. The molecule has 2 aliphatic heterocycles. The van der Waals surface area contributed by atoms with Crippen molar-refractivity contribution in [2.24, 2.45) is 5.92 Å². The molecule has 2 amide bonds. The molecule has 2 saturated heterocycles. The van der Waals surface area contributed by atoms with Gasteiger partial charge < -0.3 is 19.9 Å². The van der Waals surface area contributed by atoms with Crippen LogP contribution in [0, 0.1) is 5.92 Å². The Balaban J connectivity index is 1.44. The largest absolute Gasteiger partial charge is 0.496 e. The second-order valence-corrected chi connectivity index (χ2v) is 7.47. The molecule has 5 nitrogen and oxygen atoms in total. The highest BCUT2D eigenvalue weighted by molar-refractivity contribution is 5.74. The lowest BCUT2D eigenvalue weighted by Crippen LogP contribution is -2.50. The van der Waals surface area contributed by atoms with E-state index in [9.17, 15) is 4.79 Å². The van der Waals surface area contributed by atoms with Crippen molar-refractivity contribution in [1.29, 1.82) is 0 Å². The lowest BCUT2D eigenvalue weighted by molar-refractivity contribution is 0.159. The van der Waals surface area contributed by atoms with Gasteiger partial charge in [0.25, 0.3) is 0 Å². The van der Waals surface area contributed by atoms with Crippen LogP contribution in [0.1, 0.15) is 31.2 Å². The molecular formula is C20H31N3O2. The van der Waals surface area contributed by atoms with Crippen LogP contribution in [0.4, 0.5) is 4.79 Å². The van der Waals surface area contributed by atoms with Gasteiger partial charge in [0, 0.05) is 19.1 Å². The molecule has 2 fully saturated rings. The van der Waals surface area contributed by atoms with E-state index in [1.807, 2.05) is 17.0 Å². The topological polar surface area (TPSA) is 44.8 Å². The number of carbonyl (C=O) groups excluding carboxylic acids is 1. The van der Waals surface area contributed by atoms with Gasteiger partial charge in [-0.2, -0.15) is 0 Å². The van der Waals surface area contributed by atoms with E-state index in [0.717, 1.165) is 64.0 Å². The van der Waals surface area contributed by atoms with Crippen LogP contribution in [0.5, 0.6) is 5.75 Å². The smallest absolute Gasteiger partial charge is 0.317 e. The van der Waals surface area contributed by atoms with Crippen LogP contribution in [0.25, 0.3) is 0 Å². The molecule has 0 atom stereocenters. The van der Waals surface area contributed by atoms with Crippen molar-refractivity contribution in [3.63, 3.8) is 0 Å². The van der Waals surface area contributed by atoms with Crippen molar-refractivity contribution >= 4 is 6.03 Å². The summed E-state index contributed by atoms with van der Waals surface area (Å²) in [5.74, 6) is 1.61. The summed E-state index contributed by atoms with van der Waals surface area (Å²) in [7, 11) is 3.87. The van der Waals surface area contributed by atoms with E-state index in [0.29, 0.717) is 12.0 Å². The molecule has 1 aromatic rings. The number of urea groups is 1. The van der Waals surface area contributed by atoms with Gasteiger partial charge in [0.15, 0.2) is 0 Å². The number of para-hydroxylation sites is 1. The number of amides is 2. The predicted octanol–water partition coefficient (Wildman–Crippen LogP) is 2.75. The van der Waals surface area contributed by atoms with E-state index in [4.69, 9.17) is 4.74 Å². The van der Waals surface area contributed by atoms with Crippen LogP contribution in [-0.2, 0) is 6.42 Å². The maximum absolute atomic E-state index is 12.5. The van der Waals surface area contributed by atoms with E-state index < -0.39 is 0 Å². The maximum Gasteiger partial charge on any atom is 0.317 e. The molecule has 0 aromatic heterocycles. The highest BCUT2D eigenvalue weighted by Crippen LogP contribution is 2.26. The minimum absolute atomic E-state index is 0.130. The van der Waals surface area contributed by atoms with Crippen LogP contribution in [0.3, 0.4) is 0 Å². The first-order chi connectivity index (χ1) is 12.2. The molecule has 0 radical (unpaired) electrons. The number of benzene rings is 1. The van der Waals surface area contributed by atoms with Crippen LogP contribution in [0.2, 0.25) is 0 Å². The highest BCUT2D eigenvalue weighted by atomic mass is 16.5. The van der Waals surface area contributed by atoms with Crippen LogP contribution >= 0.6 is 0 Å². The van der Waals surface area contributed by atoms with Gasteiger partial charge in [-0.15, -0.1) is 0 Å². The van der Waals surface area contributed by atoms with Crippen molar-refractivity contribution in [2.75, 3.05) is 40.3 Å². The lowest BCUT2D eigenvalue weighted by atomic mass is 9.90. The van der Waals surface area contributed by atoms with Gasteiger partial charge in [-0.05, 0) is 69.8 Å². The summed E-state index contributed by atoms with van der Waals surface area (Å²) in [5, 5.41) is 3.23. The standard InChI is InChI=1S/C20H31N3O2/c1-22-11-9-18(10-12-22)21-20(24)23-13-7-16(8-14-23)15-17-5-3-4-6-19(17)25-2/h3-6,16,18H,7-15H2,1-2H3,(H,21,24). The summed E-state index contributed by atoms with van der Waals surface area (Å²) in [6, 6.07) is 8.73. The first kappa shape index (κ1) is 18.1. The van der Waals surface area contributed by atoms with Gasteiger partial charge in [0.1, 0.15) is 5.75 Å². The van der Waals surface area contributed by atoms with Gasteiger partial charge in [-0.1, -0.05) is 18.2 Å². The van der Waals surface area contributed by atoms with Crippen molar-refractivity contribution in [2.45, 2.75) is 38.1 Å². The summed E-state index contributed by atoms with van der Waals surface area (Å²) >= 11 is 0. The van der Waals surface area contributed by atoms with Crippen LogP contribution in [-0.4, -0.2) is 62.2 Å². The minimum atomic E-state index is 0.130. The van der Waals surface area contributed by atoms with Crippen LogP contribution < -0.4 is 10.1 Å². The van der Waals surface area contributed by atoms with E-state index >= 15 is 0 Å². The van der Waals surface area contributed by atoms with Gasteiger partial charge in [0.05, 0.1) is 7.11 Å². The first-order valence-corrected chi connectivity index (χ1v) is 9.51. The number of rotatable bonds is 4. The Morgan fingerprint density at radius 1 is 1.12 bits per heavy atom. The number of nitrogens with one attached hydrogen (secondary N) is 1. The van der Waals surface area contributed by atoms with Crippen molar-refractivity contribution in [3.8, 4) is 5.75 Å². The molecule has 0 aliphatic carbocycles. The molecule has 0 saturated carbocycles. The van der Waals surface area contributed by atoms with E-state index in [2.05, 4.69) is 29.4 Å². The first-order valence-electron chi connectivity index (χ1n) is 9.51. The third kappa shape index (κ3) is 4.88. The zero-order chi connectivity index (χ0) is 17.6. The van der Waals surface area contributed by atoms with Crippen molar-refractivity contribution < 1.29 is 9.53 Å². The van der Waals surface area contributed by atoms with Gasteiger partial charge in [-0.25, -0.2) is 4.79 Å². The third-order valence-electron chi connectivity index (χ3n) is 5.65. The number of hydrogen-bond donors (Lipinski definition) is 1. The Hall–Kier alpha value is -1.75. The molecule has 3 rings (SSSR count). The summed E-state index contributed by atoms with van der Waals surface area (Å²) in [4.78, 5) is 16.8. The molecule has 1 N–H and O–H groups in total. The maximum atomic E-state index is 12.5. The summed E-state index contributed by atoms with van der Waals surface area (Å²) in [6.07, 6.45) is 5.30. The fraction of sp³-hybridized carbons (Fsp3) is 0.650. The summed E-state index contributed by atoms with van der Waals surface area (Å²) in [5.41, 5.74) is 1.28. The van der Waals surface area contributed by atoms with E-state index in [1.165, 1.54) is 5.56 Å². The van der Waals surface area contributed by atoms with Gasteiger partial charge >= 0.3 is 6.03 Å². The van der Waals surface area contributed by atoms with Crippen molar-refractivity contribution in [1.82, 2.24) is 15.1 Å². The average molecular weight is 345 g/mol. The molecule has 138 valence electrons. The number of piperidine rings is 2. The Labute approximate surface area is 151 Å². The zero-order valence-corrected chi connectivity index (χ0v) is 15.5. The average Bonchev–Trinajstić information content (AvgIpc) is 2.64. The van der Waals surface area contributed by atoms with Gasteiger partial charge in [0.2, 0.25) is 0 Å². The highest BCUT2D eigenvalue weighted by Gasteiger charge is 2.26. The fourth-order valence-corrected chi connectivity index (χ4v) is 3.94. The number of likely N-dealkylation sites (tertiary alicyclic amines) is 2. The number of nitrogens with zero attached hydrogens (tertiary/aromatic N) is 2. The molecular weight excluding hydrogens is 314 g/mol. The van der Waals surface area contributed by atoms with Crippen molar-refractivity contribution in [3.05, 3.63) is 29.8 Å². The molecule has 0 spiro atoms. The Morgan fingerprint density at radius 3 is 2.48 bits per heavy atom. The third-order valence-corrected chi connectivity index (χ3v) is 5.65. The molecule has 0 bridgehead atoms. The molecule has 1 aromatic carbocycles. The number of methoxy groups -OCH3 is 1. The monoisotopic (exact) mass is 345 g/mol. The Bertz CT molecular complexity index is 562. The predicted molar refractivity (Wildman–Crippen MR) is 100 cm³/mol. The number of ether oxygens (including phenoxy) is 1. The minimum Gasteiger partial charge on any atom is -0.496 e. The van der Waals surface area contributed by atoms with Crippen LogP contribution in [0.15, 0.2) is 24.3 Å². The lowest BCUT2D eigenvalue weighted by Gasteiger charge is -2.35. The quantitative estimate of drug-likeness (QED) is 0.913. The van der Waals surface area contributed by atoms with E-state index in [1.54, 1.807) is 7.11 Å². The fourth-order valence-electron chi connectivity index (χ4n) is 3.94. The molecule has 0 unspecified atom stereocenters. The Kier molecular flexibility index (Phi) is 6.19. The van der Waals surface area contributed by atoms with Gasteiger partial charge in [-0.3, -0.25) is 0 Å². The van der Waals surface area contributed by atoms with E-state index in [-0.39, 0.29) is 6.03 Å². The molecule has 2 heterocycles.